The van der Waals surface area contributed by atoms with Crippen molar-refractivity contribution < 1.29 is 4.79 Å². The Labute approximate surface area is 122 Å². The van der Waals surface area contributed by atoms with Crippen molar-refractivity contribution in [3.63, 3.8) is 0 Å². The number of nitrogens with zero attached hydrogens (tertiary/aromatic N) is 2. The van der Waals surface area contributed by atoms with Crippen LogP contribution in [0, 0.1) is 12.8 Å². The average Bonchev–Trinajstić information content (AvgIpc) is 2.63. The van der Waals surface area contributed by atoms with Crippen LogP contribution in [0.5, 0.6) is 0 Å². The van der Waals surface area contributed by atoms with Crippen molar-refractivity contribution >= 4 is 5.78 Å². The molecule has 20 heavy (non-hydrogen) atoms. The Kier molecular flexibility index (Phi) is 5.72. The molecule has 0 aromatic carbocycles. The van der Waals surface area contributed by atoms with Crippen molar-refractivity contribution in [2.45, 2.75) is 52.5 Å². The molecule has 0 bridgehead atoms. The van der Waals surface area contributed by atoms with E-state index in [1.807, 2.05) is 13.0 Å². The van der Waals surface area contributed by atoms with Crippen LogP contribution in [0.3, 0.4) is 0 Å². The summed E-state index contributed by atoms with van der Waals surface area (Å²) < 4.78 is 0. The standard InChI is InChI=1S/C17H26N2O/c1-3-19(13-16-10-7-8-14(2)18-16)12-15-9-5-4-6-11-17(15)20/h7-8,10,15H,3-6,9,11-13H2,1-2H3. The Morgan fingerprint density at radius 3 is 2.90 bits per heavy atom. The van der Waals surface area contributed by atoms with Crippen molar-refractivity contribution in [3.05, 3.63) is 29.6 Å². The lowest BCUT2D eigenvalue weighted by atomic mass is 9.98. The van der Waals surface area contributed by atoms with Gasteiger partial charge in [0.2, 0.25) is 0 Å². The Morgan fingerprint density at radius 1 is 1.30 bits per heavy atom. The van der Waals surface area contributed by atoms with Gasteiger partial charge in [0.05, 0.1) is 5.69 Å². The van der Waals surface area contributed by atoms with Crippen molar-refractivity contribution in [2.75, 3.05) is 13.1 Å². The van der Waals surface area contributed by atoms with Gasteiger partial charge in [0.1, 0.15) is 5.78 Å². The Balaban J connectivity index is 1.95. The van der Waals surface area contributed by atoms with E-state index in [-0.39, 0.29) is 5.92 Å². The molecule has 0 aliphatic heterocycles. The maximum Gasteiger partial charge on any atom is 0.137 e. The van der Waals surface area contributed by atoms with Gasteiger partial charge in [-0.15, -0.1) is 0 Å². The van der Waals surface area contributed by atoms with Gasteiger partial charge in [-0.1, -0.05) is 25.8 Å². The third kappa shape index (κ3) is 4.41. The van der Waals surface area contributed by atoms with Gasteiger partial charge in [-0.2, -0.15) is 0 Å². The normalized spacial score (nSPS) is 20.1. The molecule has 1 aromatic rings. The van der Waals surface area contributed by atoms with E-state index in [4.69, 9.17) is 0 Å². The van der Waals surface area contributed by atoms with Crippen molar-refractivity contribution in [3.8, 4) is 0 Å². The molecule has 0 amide bonds. The number of ketones is 1. The van der Waals surface area contributed by atoms with Crippen LogP contribution in [-0.4, -0.2) is 28.8 Å². The number of aryl methyl sites for hydroxylation is 1. The van der Waals surface area contributed by atoms with Gasteiger partial charge in [-0.05, 0) is 38.4 Å². The number of carbonyl (C=O) groups excluding carboxylic acids is 1. The number of pyridine rings is 1. The molecule has 1 aromatic heterocycles. The molecule has 0 N–H and O–H groups in total. The largest absolute Gasteiger partial charge is 0.299 e. The molecule has 0 radical (unpaired) electrons. The highest BCUT2D eigenvalue weighted by atomic mass is 16.1. The third-order valence-corrected chi connectivity index (χ3v) is 4.19. The van der Waals surface area contributed by atoms with E-state index in [0.717, 1.165) is 50.3 Å². The van der Waals surface area contributed by atoms with Crippen LogP contribution in [0.2, 0.25) is 0 Å². The highest BCUT2D eigenvalue weighted by Gasteiger charge is 2.22. The second-order valence-electron chi connectivity index (χ2n) is 5.86. The molecule has 1 unspecified atom stereocenters. The summed E-state index contributed by atoms with van der Waals surface area (Å²) in [7, 11) is 0. The van der Waals surface area contributed by atoms with Crippen LogP contribution >= 0.6 is 0 Å². The van der Waals surface area contributed by atoms with Crippen LogP contribution in [0.4, 0.5) is 0 Å². The molecule has 1 aliphatic rings. The van der Waals surface area contributed by atoms with Crippen LogP contribution in [0.15, 0.2) is 18.2 Å². The molecule has 1 fully saturated rings. The van der Waals surface area contributed by atoms with Gasteiger partial charge in [-0.3, -0.25) is 14.7 Å². The van der Waals surface area contributed by atoms with E-state index >= 15 is 0 Å². The molecule has 2 rings (SSSR count). The molecule has 3 nitrogen and oxygen atoms in total. The van der Waals surface area contributed by atoms with Gasteiger partial charge in [0, 0.05) is 31.1 Å². The van der Waals surface area contributed by atoms with Gasteiger partial charge in [0.15, 0.2) is 0 Å². The lowest BCUT2D eigenvalue weighted by Gasteiger charge is -2.24. The molecular weight excluding hydrogens is 248 g/mol. The number of carbonyl (C=O) groups is 1. The van der Waals surface area contributed by atoms with Crippen molar-refractivity contribution in [2.24, 2.45) is 5.92 Å². The predicted octanol–water partition coefficient (Wildman–Crippen LogP) is 3.36. The monoisotopic (exact) mass is 274 g/mol. The minimum absolute atomic E-state index is 0.238. The zero-order chi connectivity index (χ0) is 14.4. The number of hydrogen-bond donors (Lipinski definition) is 0. The summed E-state index contributed by atoms with van der Waals surface area (Å²) in [6, 6.07) is 6.15. The van der Waals surface area contributed by atoms with Crippen LogP contribution in [0.25, 0.3) is 0 Å². The molecule has 0 saturated heterocycles. The Bertz CT molecular complexity index is 444. The first-order chi connectivity index (χ1) is 9.69. The lowest BCUT2D eigenvalue weighted by Crippen LogP contribution is -2.32. The number of Topliss-reactive ketones (excluding diaryl/α,β-unsaturated/α-hetero) is 1. The zero-order valence-electron chi connectivity index (χ0n) is 12.8. The fourth-order valence-electron chi connectivity index (χ4n) is 2.96. The topological polar surface area (TPSA) is 33.2 Å². The van der Waals surface area contributed by atoms with E-state index in [1.54, 1.807) is 0 Å². The summed E-state index contributed by atoms with van der Waals surface area (Å²) in [6.45, 7) is 6.90. The maximum atomic E-state index is 12.1. The second kappa shape index (κ2) is 7.53. The van der Waals surface area contributed by atoms with E-state index in [2.05, 4.69) is 28.9 Å². The summed E-state index contributed by atoms with van der Waals surface area (Å²) >= 11 is 0. The molecular formula is C17H26N2O. The Morgan fingerprint density at radius 2 is 2.15 bits per heavy atom. The van der Waals surface area contributed by atoms with Crippen LogP contribution in [-0.2, 0) is 11.3 Å². The minimum atomic E-state index is 0.238. The Hall–Kier alpha value is -1.22. The van der Waals surface area contributed by atoms with Crippen LogP contribution in [0.1, 0.15) is 50.4 Å². The third-order valence-electron chi connectivity index (χ3n) is 4.19. The molecule has 1 aliphatic carbocycles. The zero-order valence-corrected chi connectivity index (χ0v) is 12.8. The summed E-state index contributed by atoms with van der Waals surface area (Å²) in [5.74, 6) is 0.709. The number of rotatable bonds is 5. The number of hydrogen-bond acceptors (Lipinski definition) is 3. The summed E-state index contributed by atoms with van der Waals surface area (Å²) in [5.41, 5.74) is 2.16. The quantitative estimate of drug-likeness (QED) is 0.772. The van der Waals surface area contributed by atoms with E-state index < -0.39 is 0 Å². The van der Waals surface area contributed by atoms with Gasteiger partial charge >= 0.3 is 0 Å². The average molecular weight is 274 g/mol. The summed E-state index contributed by atoms with van der Waals surface area (Å²) in [4.78, 5) is 19.1. The predicted molar refractivity (Wildman–Crippen MR) is 81.5 cm³/mol. The summed E-state index contributed by atoms with van der Waals surface area (Å²) in [6.07, 6.45) is 5.35. The molecule has 3 heteroatoms. The van der Waals surface area contributed by atoms with Crippen LogP contribution < -0.4 is 0 Å². The fraction of sp³-hybridized carbons (Fsp3) is 0.647. The lowest BCUT2D eigenvalue weighted by molar-refractivity contribution is -0.123. The first-order valence-corrected chi connectivity index (χ1v) is 7.86. The molecule has 1 atom stereocenters. The van der Waals surface area contributed by atoms with Gasteiger partial charge < -0.3 is 0 Å². The number of aromatic nitrogens is 1. The molecule has 0 spiro atoms. The smallest absolute Gasteiger partial charge is 0.137 e. The summed E-state index contributed by atoms with van der Waals surface area (Å²) in [5, 5.41) is 0. The molecule has 110 valence electrons. The van der Waals surface area contributed by atoms with E-state index in [1.165, 1.54) is 12.8 Å². The first-order valence-electron chi connectivity index (χ1n) is 7.86. The van der Waals surface area contributed by atoms with Crippen molar-refractivity contribution in [1.82, 2.24) is 9.88 Å². The SMILES string of the molecule is CCN(Cc1cccc(C)n1)CC1CCCCCC1=O. The van der Waals surface area contributed by atoms with Crippen molar-refractivity contribution in [1.29, 1.82) is 0 Å². The van der Waals surface area contributed by atoms with Gasteiger partial charge in [0.25, 0.3) is 0 Å². The highest BCUT2D eigenvalue weighted by molar-refractivity contribution is 5.81. The second-order valence-corrected chi connectivity index (χ2v) is 5.86. The maximum absolute atomic E-state index is 12.1. The van der Waals surface area contributed by atoms with E-state index in [0.29, 0.717) is 5.78 Å². The molecule has 1 saturated carbocycles. The minimum Gasteiger partial charge on any atom is -0.299 e. The fourth-order valence-corrected chi connectivity index (χ4v) is 2.96. The highest BCUT2D eigenvalue weighted by Crippen LogP contribution is 2.21. The molecule has 1 heterocycles. The first kappa shape index (κ1) is 15.2. The van der Waals surface area contributed by atoms with E-state index in [9.17, 15) is 4.79 Å². The van der Waals surface area contributed by atoms with Gasteiger partial charge in [-0.25, -0.2) is 0 Å².